The summed E-state index contributed by atoms with van der Waals surface area (Å²) in [5, 5.41) is 3.71. The summed E-state index contributed by atoms with van der Waals surface area (Å²) in [5.41, 5.74) is 2.96. The average molecular weight is 261 g/mol. The first-order chi connectivity index (χ1) is 9.24. The predicted molar refractivity (Wildman–Crippen MR) is 80.7 cm³/mol. The van der Waals surface area contributed by atoms with Crippen molar-refractivity contribution in [2.24, 2.45) is 5.92 Å². The first kappa shape index (κ1) is 14.4. The number of ether oxygens (including phenoxy) is 1. The maximum absolute atomic E-state index is 5.66. The van der Waals surface area contributed by atoms with Crippen LogP contribution in [0.5, 0.6) is 5.75 Å². The van der Waals surface area contributed by atoms with Gasteiger partial charge in [0.2, 0.25) is 0 Å². The van der Waals surface area contributed by atoms with Gasteiger partial charge in [-0.2, -0.15) is 0 Å². The van der Waals surface area contributed by atoms with E-state index in [0.717, 1.165) is 24.8 Å². The third kappa shape index (κ3) is 3.73. The fourth-order valence-electron chi connectivity index (χ4n) is 2.94. The molecule has 0 amide bonds. The smallest absolute Gasteiger partial charge is 0.119 e. The van der Waals surface area contributed by atoms with Crippen molar-refractivity contribution in [3.05, 3.63) is 29.3 Å². The van der Waals surface area contributed by atoms with Gasteiger partial charge in [-0.25, -0.2) is 0 Å². The molecule has 0 bridgehead atoms. The molecule has 0 spiro atoms. The SMILES string of the molecule is CCCNC1CC(C)CCc2ccc(OCC)cc21. The highest BCUT2D eigenvalue weighted by Crippen LogP contribution is 2.34. The Morgan fingerprint density at radius 2 is 2.16 bits per heavy atom. The van der Waals surface area contributed by atoms with E-state index in [9.17, 15) is 0 Å². The lowest BCUT2D eigenvalue weighted by molar-refractivity contribution is 0.338. The molecular formula is C17H27NO. The van der Waals surface area contributed by atoms with Crippen molar-refractivity contribution >= 4 is 0 Å². The van der Waals surface area contributed by atoms with E-state index >= 15 is 0 Å². The van der Waals surface area contributed by atoms with Gasteiger partial charge in [0, 0.05) is 6.04 Å². The van der Waals surface area contributed by atoms with Gasteiger partial charge in [0.05, 0.1) is 6.61 Å². The Kier molecular flexibility index (Phi) is 5.26. The van der Waals surface area contributed by atoms with Crippen molar-refractivity contribution in [3.63, 3.8) is 0 Å². The quantitative estimate of drug-likeness (QED) is 0.806. The molecule has 0 saturated heterocycles. The van der Waals surface area contributed by atoms with Gasteiger partial charge in [0.25, 0.3) is 0 Å². The zero-order chi connectivity index (χ0) is 13.7. The van der Waals surface area contributed by atoms with Crippen LogP contribution in [0.2, 0.25) is 0 Å². The highest BCUT2D eigenvalue weighted by atomic mass is 16.5. The van der Waals surface area contributed by atoms with Crippen LogP contribution in [-0.2, 0) is 6.42 Å². The number of aryl methyl sites for hydroxylation is 1. The first-order valence-corrected chi connectivity index (χ1v) is 7.73. The Bertz CT molecular complexity index is 402. The summed E-state index contributed by atoms with van der Waals surface area (Å²) in [5.74, 6) is 1.80. The monoisotopic (exact) mass is 261 g/mol. The number of rotatable bonds is 5. The minimum atomic E-state index is 0.493. The largest absolute Gasteiger partial charge is 0.494 e. The summed E-state index contributed by atoms with van der Waals surface area (Å²) in [6.07, 6.45) is 4.92. The minimum Gasteiger partial charge on any atom is -0.494 e. The van der Waals surface area contributed by atoms with Crippen molar-refractivity contribution in [1.29, 1.82) is 0 Å². The van der Waals surface area contributed by atoms with E-state index in [-0.39, 0.29) is 0 Å². The summed E-state index contributed by atoms with van der Waals surface area (Å²) in [4.78, 5) is 0. The number of hydrogen-bond acceptors (Lipinski definition) is 2. The van der Waals surface area contributed by atoms with Crippen LogP contribution < -0.4 is 10.1 Å². The van der Waals surface area contributed by atoms with E-state index in [2.05, 4.69) is 37.4 Å². The highest BCUT2D eigenvalue weighted by Gasteiger charge is 2.22. The average Bonchev–Trinajstić information content (AvgIpc) is 2.56. The molecule has 0 heterocycles. The zero-order valence-corrected chi connectivity index (χ0v) is 12.5. The predicted octanol–water partition coefficient (Wildman–Crippen LogP) is 4.10. The van der Waals surface area contributed by atoms with Gasteiger partial charge >= 0.3 is 0 Å². The van der Waals surface area contributed by atoms with E-state index in [1.807, 2.05) is 6.92 Å². The molecule has 1 aliphatic carbocycles. The molecule has 2 rings (SSSR count). The highest BCUT2D eigenvalue weighted by molar-refractivity contribution is 5.38. The summed E-state index contributed by atoms with van der Waals surface area (Å²) in [6, 6.07) is 7.13. The van der Waals surface area contributed by atoms with Gasteiger partial charge < -0.3 is 10.1 Å². The minimum absolute atomic E-state index is 0.493. The zero-order valence-electron chi connectivity index (χ0n) is 12.5. The molecule has 0 saturated carbocycles. The number of fused-ring (bicyclic) bond motifs is 1. The topological polar surface area (TPSA) is 21.3 Å². The number of nitrogens with one attached hydrogen (secondary N) is 1. The third-order valence-electron chi connectivity index (χ3n) is 3.99. The molecule has 0 fully saturated rings. The van der Waals surface area contributed by atoms with E-state index in [4.69, 9.17) is 4.74 Å². The molecular weight excluding hydrogens is 234 g/mol. The van der Waals surface area contributed by atoms with Gasteiger partial charge in [0.1, 0.15) is 5.75 Å². The normalized spacial score (nSPS) is 22.7. The molecule has 2 nitrogen and oxygen atoms in total. The van der Waals surface area contributed by atoms with Crippen LogP contribution in [-0.4, -0.2) is 13.2 Å². The van der Waals surface area contributed by atoms with Gasteiger partial charge in [0.15, 0.2) is 0 Å². The standard InChI is InChI=1S/C17H27NO/c1-4-10-18-17-11-13(3)6-7-14-8-9-15(19-5-2)12-16(14)17/h8-9,12-13,17-18H,4-7,10-11H2,1-3H3. The molecule has 2 atom stereocenters. The molecule has 19 heavy (non-hydrogen) atoms. The van der Waals surface area contributed by atoms with E-state index in [1.165, 1.54) is 36.8 Å². The van der Waals surface area contributed by atoms with Gasteiger partial charge in [-0.15, -0.1) is 0 Å². The fourth-order valence-corrected chi connectivity index (χ4v) is 2.94. The Labute approximate surface area is 117 Å². The molecule has 106 valence electrons. The van der Waals surface area contributed by atoms with Crippen LogP contribution in [0, 0.1) is 5.92 Å². The summed E-state index contributed by atoms with van der Waals surface area (Å²) in [6.45, 7) is 8.47. The molecule has 1 aliphatic rings. The lowest BCUT2D eigenvalue weighted by atomic mass is 9.96. The molecule has 0 radical (unpaired) electrons. The summed E-state index contributed by atoms with van der Waals surface area (Å²) in [7, 11) is 0. The van der Waals surface area contributed by atoms with Crippen LogP contribution in [0.25, 0.3) is 0 Å². The van der Waals surface area contributed by atoms with Crippen LogP contribution >= 0.6 is 0 Å². The van der Waals surface area contributed by atoms with Gasteiger partial charge in [-0.3, -0.25) is 0 Å². The van der Waals surface area contributed by atoms with E-state index in [0.29, 0.717) is 6.04 Å². The molecule has 1 N–H and O–H groups in total. The Hall–Kier alpha value is -1.02. The maximum Gasteiger partial charge on any atom is 0.119 e. The Morgan fingerprint density at radius 3 is 2.89 bits per heavy atom. The second kappa shape index (κ2) is 6.95. The van der Waals surface area contributed by atoms with Crippen LogP contribution in [0.15, 0.2) is 18.2 Å². The van der Waals surface area contributed by atoms with Crippen LogP contribution in [0.3, 0.4) is 0 Å². The lowest BCUT2D eigenvalue weighted by Crippen LogP contribution is -2.23. The van der Waals surface area contributed by atoms with Crippen molar-refractivity contribution < 1.29 is 4.74 Å². The fraction of sp³-hybridized carbons (Fsp3) is 0.647. The van der Waals surface area contributed by atoms with Crippen molar-refractivity contribution in [2.75, 3.05) is 13.2 Å². The van der Waals surface area contributed by atoms with Crippen LogP contribution in [0.4, 0.5) is 0 Å². The third-order valence-corrected chi connectivity index (χ3v) is 3.99. The van der Waals surface area contributed by atoms with Crippen molar-refractivity contribution in [1.82, 2.24) is 5.32 Å². The van der Waals surface area contributed by atoms with Crippen molar-refractivity contribution in [2.45, 2.75) is 52.5 Å². The van der Waals surface area contributed by atoms with Gasteiger partial charge in [-0.1, -0.05) is 19.9 Å². The molecule has 1 aromatic rings. The Morgan fingerprint density at radius 1 is 1.32 bits per heavy atom. The second-order valence-corrected chi connectivity index (χ2v) is 5.68. The molecule has 0 aromatic heterocycles. The molecule has 1 aromatic carbocycles. The number of benzene rings is 1. The van der Waals surface area contributed by atoms with Crippen LogP contribution in [0.1, 0.15) is 57.2 Å². The molecule has 0 aliphatic heterocycles. The first-order valence-electron chi connectivity index (χ1n) is 7.73. The Balaban J connectivity index is 2.25. The van der Waals surface area contributed by atoms with Crippen molar-refractivity contribution in [3.8, 4) is 5.75 Å². The second-order valence-electron chi connectivity index (χ2n) is 5.68. The number of hydrogen-bond donors (Lipinski definition) is 1. The summed E-state index contributed by atoms with van der Waals surface area (Å²) < 4.78 is 5.66. The van der Waals surface area contributed by atoms with E-state index < -0.39 is 0 Å². The maximum atomic E-state index is 5.66. The van der Waals surface area contributed by atoms with E-state index in [1.54, 1.807) is 0 Å². The van der Waals surface area contributed by atoms with Gasteiger partial charge in [-0.05, 0) is 68.3 Å². The molecule has 2 heteroatoms. The summed E-state index contributed by atoms with van der Waals surface area (Å²) >= 11 is 0. The molecule has 2 unspecified atom stereocenters. The lowest BCUT2D eigenvalue weighted by Gasteiger charge is -2.21.